The maximum Gasteiger partial charge on any atom is 0.255 e. The number of amides is 1. The van der Waals surface area contributed by atoms with E-state index in [4.69, 9.17) is 9.47 Å². The average Bonchev–Trinajstić information content (AvgIpc) is 2.83. The Labute approximate surface area is 195 Å². The number of ether oxygens (including phenoxy) is 2. The quantitative estimate of drug-likeness (QED) is 0.444. The molecule has 0 bridgehead atoms. The first-order chi connectivity index (χ1) is 15.8. The van der Waals surface area contributed by atoms with E-state index in [1.807, 2.05) is 6.92 Å². The van der Waals surface area contributed by atoms with Crippen LogP contribution in [-0.4, -0.2) is 51.7 Å². The lowest BCUT2D eigenvalue weighted by atomic mass is 9.95. The number of methoxy groups -OCH3 is 2. The van der Waals surface area contributed by atoms with Gasteiger partial charge in [0.15, 0.2) is 0 Å². The summed E-state index contributed by atoms with van der Waals surface area (Å²) in [5, 5.41) is 4.01. The van der Waals surface area contributed by atoms with E-state index in [2.05, 4.69) is 10.5 Å². The highest BCUT2D eigenvalue weighted by molar-refractivity contribution is 7.89. The fourth-order valence-corrected chi connectivity index (χ4v) is 5.56. The molecule has 1 aliphatic carbocycles. The van der Waals surface area contributed by atoms with Crippen LogP contribution in [0.4, 0.5) is 0 Å². The van der Waals surface area contributed by atoms with Gasteiger partial charge in [-0.1, -0.05) is 37.0 Å². The van der Waals surface area contributed by atoms with Crippen molar-refractivity contribution in [3.05, 3.63) is 53.6 Å². The van der Waals surface area contributed by atoms with Crippen LogP contribution in [0.5, 0.6) is 11.5 Å². The van der Waals surface area contributed by atoms with Crippen LogP contribution in [0, 0.1) is 6.92 Å². The number of carbonyl (C=O) groups is 1. The number of benzene rings is 2. The van der Waals surface area contributed by atoms with Gasteiger partial charge in [0.1, 0.15) is 11.5 Å². The van der Waals surface area contributed by atoms with Crippen molar-refractivity contribution >= 4 is 22.1 Å². The van der Waals surface area contributed by atoms with Crippen molar-refractivity contribution in [1.29, 1.82) is 0 Å². The Balaban J connectivity index is 1.77. The monoisotopic (exact) mass is 473 g/mol. The topological polar surface area (TPSA) is 97.3 Å². The number of carbonyl (C=O) groups excluding carboxylic acids is 1. The Hall–Kier alpha value is -2.91. The largest absolute Gasteiger partial charge is 0.497 e. The van der Waals surface area contributed by atoms with Crippen molar-refractivity contribution in [2.24, 2.45) is 5.10 Å². The van der Waals surface area contributed by atoms with Crippen molar-refractivity contribution in [2.75, 3.05) is 20.8 Å². The van der Waals surface area contributed by atoms with Crippen LogP contribution in [0.3, 0.4) is 0 Å². The lowest BCUT2D eigenvalue weighted by molar-refractivity contribution is -0.121. The summed E-state index contributed by atoms with van der Waals surface area (Å²) < 4.78 is 38.6. The Morgan fingerprint density at radius 2 is 1.79 bits per heavy atom. The zero-order valence-corrected chi connectivity index (χ0v) is 20.1. The van der Waals surface area contributed by atoms with Crippen molar-refractivity contribution in [1.82, 2.24) is 9.73 Å². The zero-order chi connectivity index (χ0) is 23.8. The second-order valence-corrected chi connectivity index (χ2v) is 9.95. The fourth-order valence-electron chi connectivity index (χ4n) is 3.92. The Morgan fingerprint density at radius 3 is 2.42 bits per heavy atom. The smallest absolute Gasteiger partial charge is 0.255 e. The van der Waals surface area contributed by atoms with Gasteiger partial charge in [-0.15, -0.1) is 0 Å². The van der Waals surface area contributed by atoms with Crippen molar-refractivity contribution in [3.8, 4) is 11.5 Å². The lowest BCUT2D eigenvalue weighted by Crippen LogP contribution is -2.46. The molecule has 0 heterocycles. The van der Waals surface area contributed by atoms with Gasteiger partial charge in [-0.25, -0.2) is 13.8 Å². The van der Waals surface area contributed by atoms with E-state index < -0.39 is 15.9 Å². The fraction of sp³-hybridized carbons (Fsp3) is 0.417. The van der Waals surface area contributed by atoms with E-state index in [9.17, 15) is 13.2 Å². The number of aryl methyl sites for hydroxylation is 1. The highest BCUT2D eigenvalue weighted by Gasteiger charge is 2.33. The molecule has 1 N–H and O–H groups in total. The van der Waals surface area contributed by atoms with Gasteiger partial charge in [0.25, 0.3) is 5.91 Å². The minimum absolute atomic E-state index is 0.191. The summed E-state index contributed by atoms with van der Waals surface area (Å²) in [7, 11) is -0.733. The van der Waals surface area contributed by atoms with Crippen LogP contribution in [0.15, 0.2) is 52.5 Å². The third-order valence-electron chi connectivity index (χ3n) is 5.74. The van der Waals surface area contributed by atoms with Gasteiger partial charge < -0.3 is 9.47 Å². The molecule has 2 aromatic carbocycles. The summed E-state index contributed by atoms with van der Waals surface area (Å²) in [4.78, 5) is 12.9. The molecular weight excluding hydrogens is 442 g/mol. The van der Waals surface area contributed by atoms with Gasteiger partial charge in [-0.05, 0) is 50.1 Å². The number of hydrazone groups is 1. The molecule has 0 radical (unpaired) electrons. The van der Waals surface area contributed by atoms with Crippen molar-refractivity contribution in [3.63, 3.8) is 0 Å². The standard InChI is InChI=1S/C24H31N3O5S/c1-18-9-12-22(13-10-18)33(29,30)27(20-7-5-4-6-8-20)17-24(28)26-25-16-19-15-21(31-2)11-14-23(19)32-3/h9-16,20H,4-8,17H2,1-3H3,(H,26,28). The molecule has 8 nitrogen and oxygen atoms in total. The number of nitrogens with one attached hydrogen (secondary N) is 1. The maximum absolute atomic E-state index is 13.4. The lowest BCUT2D eigenvalue weighted by Gasteiger charge is -2.32. The van der Waals surface area contributed by atoms with Gasteiger partial charge in [0.05, 0.1) is 31.9 Å². The van der Waals surface area contributed by atoms with Crippen LogP contribution in [-0.2, 0) is 14.8 Å². The van der Waals surface area contributed by atoms with Gasteiger partial charge in [-0.2, -0.15) is 9.41 Å². The van der Waals surface area contributed by atoms with E-state index in [1.54, 1.807) is 49.6 Å². The average molecular weight is 474 g/mol. The molecule has 0 unspecified atom stereocenters. The molecule has 178 valence electrons. The molecule has 0 aromatic heterocycles. The SMILES string of the molecule is COc1ccc(OC)c(C=NNC(=O)CN(C2CCCCC2)S(=O)(=O)c2ccc(C)cc2)c1. The van der Waals surface area contributed by atoms with Gasteiger partial charge >= 0.3 is 0 Å². The Morgan fingerprint density at radius 1 is 1.09 bits per heavy atom. The number of hydrogen-bond donors (Lipinski definition) is 1. The van der Waals surface area contributed by atoms with Gasteiger partial charge in [0.2, 0.25) is 10.0 Å². The highest BCUT2D eigenvalue weighted by atomic mass is 32.2. The summed E-state index contributed by atoms with van der Waals surface area (Å²) in [5.74, 6) is 0.685. The molecule has 33 heavy (non-hydrogen) atoms. The van der Waals surface area contributed by atoms with E-state index in [0.29, 0.717) is 17.1 Å². The molecule has 1 aliphatic rings. The predicted molar refractivity (Wildman–Crippen MR) is 127 cm³/mol. The third kappa shape index (κ3) is 6.33. The first-order valence-electron chi connectivity index (χ1n) is 11.0. The number of rotatable bonds is 9. The molecule has 0 aliphatic heterocycles. The number of sulfonamides is 1. The molecule has 0 saturated heterocycles. The summed E-state index contributed by atoms with van der Waals surface area (Å²) >= 11 is 0. The number of hydrogen-bond acceptors (Lipinski definition) is 6. The van der Waals surface area contributed by atoms with Gasteiger partial charge in [-0.3, -0.25) is 4.79 Å². The normalized spacial score (nSPS) is 15.0. The molecule has 1 saturated carbocycles. The molecule has 3 rings (SSSR count). The molecule has 0 atom stereocenters. The van der Waals surface area contributed by atoms with Crippen LogP contribution in [0.1, 0.15) is 43.2 Å². The molecular formula is C24H31N3O5S. The van der Waals surface area contributed by atoms with Crippen LogP contribution < -0.4 is 14.9 Å². The van der Waals surface area contributed by atoms with E-state index >= 15 is 0 Å². The highest BCUT2D eigenvalue weighted by Crippen LogP contribution is 2.28. The van der Waals surface area contributed by atoms with Crippen LogP contribution in [0.25, 0.3) is 0 Å². The van der Waals surface area contributed by atoms with Crippen molar-refractivity contribution < 1.29 is 22.7 Å². The molecule has 9 heteroatoms. The zero-order valence-electron chi connectivity index (χ0n) is 19.3. The van der Waals surface area contributed by atoms with E-state index in [-0.39, 0.29) is 17.5 Å². The van der Waals surface area contributed by atoms with E-state index in [0.717, 1.165) is 37.7 Å². The maximum atomic E-state index is 13.4. The van der Waals surface area contributed by atoms with Crippen molar-refractivity contribution in [2.45, 2.75) is 50.0 Å². The third-order valence-corrected chi connectivity index (χ3v) is 7.65. The molecule has 1 amide bonds. The Bertz CT molecular complexity index is 1080. The summed E-state index contributed by atoms with van der Waals surface area (Å²) in [6.45, 7) is 1.60. The van der Waals surface area contributed by atoms with Crippen LogP contribution >= 0.6 is 0 Å². The summed E-state index contributed by atoms with van der Waals surface area (Å²) in [5.41, 5.74) is 4.04. The Kier molecular flexibility index (Phi) is 8.46. The van der Waals surface area contributed by atoms with Gasteiger partial charge in [0, 0.05) is 11.6 Å². The van der Waals surface area contributed by atoms with E-state index in [1.165, 1.54) is 17.6 Å². The molecule has 1 fully saturated rings. The molecule has 0 spiro atoms. The second-order valence-electron chi connectivity index (χ2n) is 8.06. The summed E-state index contributed by atoms with van der Waals surface area (Å²) in [6, 6.07) is 11.7. The second kappa shape index (κ2) is 11.3. The minimum Gasteiger partial charge on any atom is -0.497 e. The first-order valence-corrected chi connectivity index (χ1v) is 12.4. The summed E-state index contributed by atoms with van der Waals surface area (Å²) in [6.07, 6.45) is 5.89. The van der Waals surface area contributed by atoms with Crippen LogP contribution in [0.2, 0.25) is 0 Å². The first kappa shape index (κ1) is 24.7. The number of nitrogens with zero attached hydrogens (tertiary/aromatic N) is 2. The minimum atomic E-state index is -3.83. The predicted octanol–water partition coefficient (Wildman–Crippen LogP) is 3.49. The molecule has 2 aromatic rings.